The molecule has 132 valence electrons. The summed E-state index contributed by atoms with van der Waals surface area (Å²) in [5, 5.41) is 0. The van der Waals surface area contributed by atoms with Crippen molar-refractivity contribution in [1.29, 1.82) is 0 Å². The first-order valence-electron chi connectivity index (χ1n) is 9.03. The van der Waals surface area contributed by atoms with Crippen LogP contribution in [-0.2, 0) is 29.2 Å². The Bertz CT molecular complexity index is 711. The Morgan fingerprint density at radius 1 is 1.16 bits per heavy atom. The minimum absolute atomic E-state index is 0.258. The molecular formula is C19H24N4O2. The number of ether oxygens (including phenoxy) is 1. The summed E-state index contributed by atoms with van der Waals surface area (Å²) in [5.41, 5.74) is 0.932. The normalized spacial score (nSPS) is 20.2. The van der Waals surface area contributed by atoms with Gasteiger partial charge >= 0.3 is 0 Å². The zero-order valence-electron chi connectivity index (χ0n) is 14.4. The highest BCUT2D eigenvalue weighted by Gasteiger charge is 2.30. The van der Waals surface area contributed by atoms with Crippen LogP contribution in [0.25, 0.3) is 0 Å². The van der Waals surface area contributed by atoms with Crippen molar-refractivity contribution in [3.63, 3.8) is 0 Å². The Balaban J connectivity index is 1.38. The van der Waals surface area contributed by atoms with Gasteiger partial charge in [0.05, 0.1) is 25.5 Å². The fraction of sp³-hybridized carbons (Fsp3) is 0.526. The maximum Gasteiger partial charge on any atom is 0.223 e. The molecule has 0 unspecified atom stereocenters. The summed E-state index contributed by atoms with van der Waals surface area (Å²) < 4.78 is 8.05. The van der Waals surface area contributed by atoms with Crippen LogP contribution in [0.4, 0.5) is 0 Å². The lowest BCUT2D eigenvalue weighted by Gasteiger charge is -2.24. The van der Waals surface area contributed by atoms with Crippen LogP contribution in [0.2, 0.25) is 0 Å². The minimum Gasteiger partial charge on any atom is -0.375 e. The van der Waals surface area contributed by atoms with E-state index in [1.54, 1.807) is 6.20 Å². The number of carbonyl (C=O) groups excluding carboxylic acids is 1. The minimum atomic E-state index is 0.258. The molecule has 3 heterocycles. The van der Waals surface area contributed by atoms with Gasteiger partial charge in [0, 0.05) is 44.0 Å². The van der Waals surface area contributed by atoms with Gasteiger partial charge in [-0.3, -0.25) is 9.78 Å². The second kappa shape index (κ2) is 7.35. The molecule has 25 heavy (non-hydrogen) atoms. The number of nitrogens with zero attached hydrogens (tertiary/aromatic N) is 4. The summed E-state index contributed by atoms with van der Waals surface area (Å²) in [4.78, 5) is 23.3. The zero-order chi connectivity index (χ0) is 17.1. The van der Waals surface area contributed by atoms with Gasteiger partial charge in [-0.05, 0) is 30.9 Å². The van der Waals surface area contributed by atoms with Gasteiger partial charge in [-0.1, -0.05) is 6.07 Å². The molecule has 0 bridgehead atoms. The van der Waals surface area contributed by atoms with E-state index < -0.39 is 0 Å². The van der Waals surface area contributed by atoms with Crippen molar-refractivity contribution in [3.8, 4) is 0 Å². The van der Waals surface area contributed by atoms with Gasteiger partial charge in [0.25, 0.3) is 0 Å². The average Bonchev–Trinajstić information content (AvgIpc) is 3.37. The Hall–Kier alpha value is -2.21. The highest BCUT2D eigenvalue weighted by atomic mass is 16.5. The van der Waals surface area contributed by atoms with Crippen LogP contribution < -0.4 is 0 Å². The molecule has 0 aromatic carbocycles. The first-order valence-corrected chi connectivity index (χ1v) is 9.03. The van der Waals surface area contributed by atoms with Gasteiger partial charge in [0.2, 0.25) is 5.91 Å². The molecule has 2 aromatic heterocycles. The van der Waals surface area contributed by atoms with Gasteiger partial charge in [0.15, 0.2) is 0 Å². The maximum atomic E-state index is 12.6. The van der Waals surface area contributed by atoms with Crippen LogP contribution in [0.15, 0.2) is 36.8 Å². The SMILES string of the molecule is O=C(CC1CC1)N1Cc2nccn2C[C@@H](COCc2ccccn2)C1. The van der Waals surface area contributed by atoms with Crippen LogP contribution in [0.1, 0.15) is 30.8 Å². The third-order valence-electron chi connectivity index (χ3n) is 4.91. The summed E-state index contributed by atoms with van der Waals surface area (Å²) in [7, 11) is 0. The number of aromatic nitrogens is 3. The van der Waals surface area contributed by atoms with Crippen molar-refractivity contribution >= 4 is 5.91 Å². The Labute approximate surface area is 147 Å². The molecule has 4 rings (SSSR count). The molecule has 6 nitrogen and oxygen atoms in total. The first kappa shape index (κ1) is 16.3. The van der Waals surface area contributed by atoms with Crippen LogP contribution in [0.3, 0.4) is 0 Å². The highest BCUT2D eigenvalue weighted by Crippen LogP contribution is 2.33. The Morgan fingerprint density at radius 2 is 2.08 bits per heavy atom. The van der Waals surface area contributed by atoms with Crippen LogP contribution >= 0.6 is 0 Å². The predicted octanol–water partition coefficient (Wildman–Crippen LogP) is 2.25. The summed E-state index contributed by atoms with van der Waals surface area (Å²) >= 11 is 0. The van der Waals surface area contributed by atoms with Gasteiger partial charge in [-0.2, -0.15) is 0 Å². The molecule has 1 fully saturated rings. The molecule has 1 amide bonds. The molecular weight excluding hydrogens is 316 g/mol. The van der Waals surface area contributed by atoms with Gasteiger partial charge in [0.1, 0.15) is 5.82 Å². The zero-order valence-corrected chi connectivity index (χ0v) is 14.4. The van der Waals surface area contributed by atoms with Crippen molar-refractivity contribution in [2.45, 2.75) is 39.0 Å². The van der Waals surface area contributed by atoms with E-state index in [0.717, 1.165) is 24.6 Å². The molecule has 0 N–H and O–H groups in total. The molecule has 1 aliphatic carbocycles. The summed E-state index contributed by atoms with van der Waals surface area (Å²) in [6.07, 6.45) is 8.67. The fourth-order valence-corrected chi connectivity index (χ4v) is 3.35. The smallest absolute Gasteiger partial charge is 0.223 e. The average molecular weight is 340 g/mol. The van der Waals surface area contributed by atoms with Crippen LogP contribution in [-0.4, -0.2) is 38.5 Å². The van der Waals surface area contributed by atoms with Gasteiger partial charge in [-0.15, -0.1) is 0 Å². The lowest BCUT2D eigenvalue weighted by Crippen LogP contribution is -2.35. The summed E-state index contributed by atoms with van der Waals surface area (Å²) in [6, 6.07) is 5.83. The molecule has 6 heteroatoms. The maximum absolute atomic E-state index is 12.6. The van der Waals surface area contributed by atoms with E-state index >= 15 is 0 Å². The highest BCUT2D eigenvalue weighted by molar-refractivity contribution is 5.76. The number of hydrogen-bond donors (Lipinski definition) is 0. The second-order valence-electron chi connectivity index (χ2n) is 7.12. The lowest BCUT2D eigenvalue weighted by molar-refractivity contribution is -0.133. The first-order chi connectivity index (χ1) is 12.3. The summed E-state index contributed by atoms with van der Waals surface area (Å²) in [5.74, 6) is 2.10. The van der Waals surface area contributed by atoms with Crippen molar-refractivity contribution in [2.24, 2.45) is 11.8 Å². The van der Waals surface area contributed by atoms with Crippen molar-refractivity contribution in [3.05, 3.63) is 48.3 Å². The van der Waals surface area contributed by atoms with E-state index in [9.17, 15) is 4.79 Å². The lowest BCUT2D eigenvalue weighted by atomic mass is 10.1. The topological polar surface area (TPSA) is 60.2 Å². The monoisotopic (exact) mass is 340 g/mol. The van der Waals surface area contributed by atoms with Crippen LogP contribution in [0.5, 0.6) is 0 Å². The number of amides is 1. The number of imidazole rings is 1. The third-order valence-corrected chi connectivity index (χ3v) is 4.91. The van der Waals surface area contributed by atoms with Crippen molar-refractivity contribution < 1.29 is 9.53 Å². The molecule has 2 aromatic rings. The molecule has 0 saturated heterocycles. The van der Waals surface area contributed by atoms with E-state index in [0.29, 0.717) is 32.1 Å². The molecule has 2 aliphatic rings. The Morgan fingerprint density at radius 3 is 2.88 bits per heavy atom. The van der Waals surface area contributed by atoms with E-state index in [4.69, 9.17) is 4.74 Å². The number of hydrogen-bond acceptors (Lipinski definition) is 4. The number of pyridine rings is 1. The Kier molecular flexibility index (Phi) is 4.78. The third kappa shape index (κ3) is 4.25. The van der Waals surface area contributed by atoms with Crippen molar-refractivity contribution in [2.75, 3.05) is 13.2 Å². The van der Waals surface area contributed by atoms with E-state index in [1.807, 2.05) is 35.5 Å². The number of rotatable bonds is 6. The largest absolute Gasteiger partial charge is 0.375 e. The van der Waals surface area contributed by atoms with E-state index in [1.165, 1.54) is 12.8 Å². The predicted molar refractivity (Wildman–Crippen MR) is 92.4 cm³/mol. The molecule has 0 radical (unpaired) electrons. The van der Waals surface area contributed by atoms with Crippen molar-refractivity contribution in [1.82, 2.24) is 19.4 Å². The molecule has 0 spiro atoms. The van der Waals surface area contributed by atoms with E-state index in [-0.39, 0.29) is 11.8 Å². The summed E-state index contributed by atoms with van der Waals surface area (Å²) in [6.45, 7) is 3.29. The van der Waals surface area contributed by atoms with Gasteiger partial charge in [-0.25, -0.2) is 4.98 Å². The molecule has 1 saturated carbocycles. The van der Waals surface area contributed by atoms with E-state index in [2.05, 4.69) is 14.5 Å². The van der Waals surface area contributed by atoms with Crippen LogP contribution in [0, 0.1) is 11.8 Å². The van der Waals surface area contributed by atoms with Gasteiger partial charge < -0.3 is 14.2 Å². The quantitative estimate of drug-likeness (QED) is 0.809. The number of fused-ring (bicyclic) bond motifs is 1. The second-order valence-corrected chi connectivity index (χ2v) is 7.12. The molecule has 1 atom stereocenters. The fourth-order valence-electron chi connectivity index (χ4n) is 3.35. The standard InChI is InChI=1S/C19H24N4O2/c24-19(9-15-4-5-15)23-11-16(10-22-8-7-21-18(22)12-23)13-25-14-17-3-1-2-6-20-17/h1-3,6-8,15-16H,4-5,9-14H2/t16-/m1/s1. The molecule has 1 aliphatic heterocycles. The number of carbonyl (C=O) groups is 1.